The van der Waals surface area contributed by atoms with Crippen molar-refractivity contribution >= 4 is 23.3 Å². The maximum atomic E-state index is 11.2. The van der Waals surface area contributed by atoms with Crippen LogP contribution >= 0.6 is 11.6 Å². The lowest BCUT2D eigenvalue weighted by Crippen LogP contribution is -2.32. The number of rotatable bonds is 6. The summed E-state index contributed by atoms with van der Waals surface area (Å²) in [6, 6.07) is 3.66. The molecule has 0 atom stereocenters. The zero-order chi connectivity index (χ0) is 13.5. The molecule has 1 aromatic rings. The van der Waals surface area contributed by atoms with Crippen LogP contribution in [0.4, 0.5) is 5.82 Å². The minimum absolute atomic E-state index is 0.0311. The van der Waals surface area contributed by atoms with Crippen molar-refractivity contribution < 1.29 is 4.79 Å². The number of hydrogen-bond acceptors (Lipinski definition) is 4. The second-order valence-corrected chi connectivity index (χ2v) is 4.41. The van der Waals surface area contributed by atoms with E-state index in [1.54, 1.807) is 7.05 Å². The van der Waals surface area contributed by atoms with Gasteiger partial charge in [-0.2, -0.15) is 0 Å². The Morgan fingerprint density at radius 1 is 1.50 bits per heavy atom. The Hall–Kier alpha value is -1.33. The van der Waals surface area contributed by atoms with E-state index in [0.29, 0.717) is 18.1 Å². The Kier molecular flexibility index (Phi) is 5.88. The van der Waals surface area contributed by atoms with Gasteiger partial charge in [0.05, 0.1) is 17.3 Å². The number of nitrogens with one attached hydrogen (secondary N) is 2. The van der Waals surface area contributed by atoms with Crippen LogP contribution < -0.4 is 10.6 Å². The number of nitrogens with zero attached hydrogens (tertiary/aromatic N) is 2. The maximum absolute atomic E-state index is 11.2. The summed E-state index contributed by atoms with van der Waals surface area (Å²) in [5.41, 5.74) is 0.765. The van der Waals surface area contributed by atoms with Crippen molar-refractivity contribution in [2.24, 2.45) is 0 Å². The van der Waals surface area contributed by atoms with E-state index in [1.165, 1.54) is 0 Å². The predicted molar refractivity (Wildman–Crippen MR) is 73.8 cm³/mol. The number of carbonyl (C=O) groups excluding carboxylic acids is 1. The number of pyridine rings is 1. The monoisotopic (exact) mass is 270 g/mol. The Bertz CT molecular complexity index is 411. The van der Waals surface area contributed by atoms with Gasteiger partial charge in [0.25, 0.3) is 0 Å². The molecule has 0 bridgehead atoms. The molecule has 18 heavy (non-hydrogen) atoms. The van der Waals surface area contributed by atoms with Crippen molar-refractivity contribution in [1.82, 2.24) is 15.2 Å². The molecular weight excluding hydrogens is 252 g/mol. The van der Waals surface area contributed by atoms with Crippen LogP contribution in [0.1, 0.15) is 12.6 Å². The van der Waals surface area contributed by atoms with Crippen LogP contribution in [-0.2, 0) is 11.3 Å². The first-order chi connectivity index (χ1) is 8.56. The molecule has 1 rings (SSSR count). The van der Waals surface area contributed by atoms with E-state index in [4.69, 9.17) is 11.6 Å². The number of hydrogen-bond donors (Lipinski definition) is 2. The highest BCUT2D eigenvalue weighted by atomic mass is 35.5. The van der Waals surface area contributed by atoms with Gasteiger partial charge in [-0.3, -0.25) is 9.69 Å². The summed E-state index contributed by atoms with van der Waals surface area (Å²) in [4.78, 5) is 17.5. The largest absolute Gasteiger partial charge is 0.370 e. The second-order valence-electron chi connectivity index (χ2n) is 4.00. The van der Waals surface area contributed by atoms with Crippen LogP contribution in [0.25, 0.3) is 0 Å². The summed E-state index contributed by atoms with van der Waals surface area (Å²) in [5, 5.41) is 6.33. The Labute approximate surface area is 113 Å². The number of amides is 1. The van der Waals surface area contributed by atoms with Gasteiger partial charge in [0.15, 0.2) is 0 Å². The van der Waals surface area contributed by atoms with Crippen LogP contribution in [-0.4, -0.2) is 43.0 Å². The molecule has 0 radical (unpaired) electrons. The first kappa shape index (κ1) is 14.7. The van der Waals surface area contributed by atoms with Gasteiger partial charge in [-0.25, -0.2) is 4.98 Å². The SMILES string of the molecule is CCNc1ccc(Cl)c(CN(C)CC(=O)NC)n1. The summed E-state index contributed by atoms with van der Waals surface area (Å²) in [5.74, 6) is 0.765. The lowest BCUT2D eigenvalue weighted by Gasteiger charge is -2.16. The quantitative estimate of drug-likeness (QED) is 0.819. The van der Waals surface area contributed by atoms with E-state index in [-0.39, 0.29) is 5.91 Å². The molecule has 5 nitrogen and oxygen atoms in total. The third-order valence-electron chi connectivity index (χ3n) is 2.39. The third kappa shape index (κ3) is 4.50. The molecule has 2 N–H and O–H groups in total. The van der Waals surface area contributed by atoms with Crippen molar-refractivity contribution in [3.8, 4) is 0 Å². The van der Waals surface area contributed by atoms with Gasteiger partial charge in [-0.15, -0.1) is 0 Å². The summed E-state index contributed by atoms with van der Waals surface area (Å²) < 4.78 is 0. The van der Waals surface area contributed by atoms with Crippen LogP contribution in [0.3, 0.4) is 0 Å². The van der Waals surface area contributed by atoms with Crippen molar-refractivity contribution in [2.75, 3.05) is 32.5 Å². The molecule has 1 amide bonds. The highest BCUT2D eigenvalue weighted by molar-refractivity contribution is 6.31. The molecule has 0 aromatic carbocycles. The molecule has 0 saturated carbocycles. The van der Waals surface area contributed by atoms with Crippen LogP contribution in [0, 0.1) is 0 Å². The van der Waals surface area contributed by atoms with E-state index in [9.17, 15) is 4.79 Å². The molecular formula is C12H19ClN4O. The molecule has 0 spiro atoms. The third-order valence-corrected chi connectivity index (χ3v) is 2.73. The van der Waals surface area contributed by atoms with Crippen molar-refractivity contribution in [2.45, 2.75) is 13.5 Å². The van der Waals surface area contributed by atoms with Gasteiger partial charge >= 0.3 is 0 Å². The van der Waals surface area contributed by atoms with Crippen LogP contribution in [0.15, 0.2) is 12.1 Å². The zero-order valence-electron chi connectivity index (χ0n) is 11.0. The molecule has 0 fully saturated rings. The first-order valence-electron chi connectivity index (χ1n) is 5.85. The molecule has 6 heteroatoms. The van der Waals surface area contributed by atoms with Gasteiger partial charge in [-0.05, 0) is 26.1 Å². The fourth-order valence-corrected chi connectivity index (χ4v) is 1.68. The molecule has 0 saturated heterocycles. The smallest absolute Gasteiger partial charge is 0.233 e. The zero-order valence-corrected chi connectivity index (χ0v) is 11.7. The number of likely N-dealkylation sites (N-methyl/N-ethyl adjacent to an activating group) is 2. The number of aromatic nitrogens is 1. The highest BCUT2D eigenvalue weighted by Crippen LogP contribution is 2.17. The van der Waals surface area contributed by atoms with E-state index in [2.05, 4.69) is 15.6 Å². The molecule has 0 unspecified atom stereocenters. The van der Waals surface area contributed by atoms with E-state index >= 15 is 0 Å². The van der Waals surface area contributed by atoms with Crippen LogP contribution in [0.5, 0.6) is 0 Å². The molecule has 0 aliphatic rings. The fraction of sp³-hybridized carbons (Fsp3) is 0.500. The van der Waals surface area contributed by atoms with Gasteiger partial charge in [0, 0.05) is 20.1 Å². The molecule has 1 heterocycles. The van der Waals surface area contributed by atoms with Gasteiger partial charge in [0.1, 0.15) is 5.82 Å². The molecule has 0 aliphatic heterocycles. The molecule has 1 aromatic heterocycles. The van der Waals surface area contributed by atoms with E-state index < -0.39 is 0 Å². The Morgan fingerprint density at radius 3 is 2.83 bits per heavy atom. The predicted octanol–water partition coefficient (Wildman–Crippen LogP) is 1.34. The van der Waals surface area contributed by atoms with Gasteiger partial charge in [-0.1, -0.05) is 11.6 Å². The summed E-state index contributed by atoms with van der Waals surface area (Å²) in [6.07, 6.45) is 0. The summed E-state index contributed by atoms with van der Waals surface area (Å²) >= 11 is 6.09. The van der Waals surface area contributed by atoms with Crippen molar-refractivity contribution in [1.29, 1.82) is 0 Å². The Morgan fingerprint density at radius 2 is 2.22 bits per heavy atom. The average Bonchev–Trinajstić information content (AvgIpc) is 2.33. The van der Waals surface area contributed by atoms with E-state index in [1.807, 2.05) is 31.0 Å². The van der Waals surface area contributed by atoms with Crippen LogP contribution in [0.2, 0.25) is 5.02 Å². The minimum atomic E-state index is -0.0311. The van der Waals surface area contributed by atoms with Gasteiger partial charge < -0.3 is 10.6 Å². The first-order valence-corrected chi connectivity index (χ1v) is 6.23. The number of anilines is 1. The number of carbonyl (C=O) groups is 1. The fourth-order valence-electron chi connectivity index (χ4n) is 1.51. The normalized spacial score (nSPS) is 10.5. The summed E-state index contributed by atoms with van der Waals surface area (Å²) in [6.45, 7) is 3.67. The summed E-state index contributed by atoms with van der Waals surface area (Å²) in [7, 11) is 3.47. The van der Waals surface area contributed by atoms with Crippen molar-refractivity contribution in [3.63, 3.8) is 0 Å². The van der Waals surface area contributed by atoms with Gasteiger partial charge in [0.2, 0.25) is 5.91 Å². The maximum Gasteiger partial charge on any atom is 0.233 e. The Balaban J connectivity index is 2.70. The topological polar surface area (TPSA) is 57.3 Å². The molecule has 0 aliphatic carbocycles. The number of halogens is 1. The van der Waals surface area contributed by atoms with Crippen molar-refractivity contribution in [3.05, 3.63) is 22.8 Å². The lowest BCUT2D eigenvalue weighted by molar-refractivity contribution is -0.121. The highest BCUT2D eigenvalue weighted by Gasteiger charge is 2.09. The minimum Gasteiger partial charge on any atom is -0.370 e. The molecule has 100 valence electrons. The van der Waals surface area contributed by atoms with E-state index in [0.717, 1.165) is 18.1 Å². The second kappa shape index (κ2) is 7.18. The average molecular weight is 271 g/mol. The lowest BCUT2D eigenvalue weighted by atomic mass is 10.3. The standard InChI is InChI=1S/C12H19ClN4O/c1-4-15-11-6-5-9(13)10(16-11)7-17(3)8-12(18)14-2/h5-6H,4,7-8H2,1-3H3,(H,14,18)(H,15,16).